The summed E-state index contributed by atoms with van der Waals surface area (Å²) in [5.74, 6) is 1.95. The molecule has 0 amide bonds. The largest absolute Gasteiger partial charge is 0.394 e. The molecule has 0 saturated heterocycles. The van der Waals surface area contributed by atoms with Crippen molar-refractivity contribution in [2.24, 2.45) is 11.8 Å². The number of nitrogens with zero attached hydrogens (tertiary/aromatic N) is 2. The Morgan fingerprint density at radius 3 is 2.96 bits per heavy atom. The van der Waals surface area contributed by atoms with Crippen molar-refractivity contribution in [3.8, 4) is 0 Å². The van der Waals surface area contributed by atoms with Gasteiger partial charge in [-0.15, -0.1) is 11.3 Å². The lowest BCUT2D eigenvalue weighted by Crippen LogP contribution is -2.25. The second-order valence-corrected chi connectivity index (χ2v) is 9.90. The molecule has 0 bridgehead atoms. The molecule has 3 rings (SSSR count). The zero-order chi connectivity index (χ0) is 19.4. The molecule has 2 aromatic heterocycles. The summed E-state index contributed by atoms with van der Waals surface area (Å²) in [5, 5.41) is 10.5. The van der Waals surface area contributed by atoms with Crippen molar-refractivity contribution in [3.05, 3.63) is 20.8 Å². The fraction of sp³-hybridized carbons (Fsp3) is 0.700. The second kappa shape index (κ2) is 9.54. The van der Waals surface area contributed by atoms with Gasteiger partial charge in [-0.2, -0.15) is 0 Å². The van der Waals surface area contributed by atoms with Gasteiger partial charge in [0.1, 0.15) is 4.83 Å². The SMILES string of the molecule is CC(C)CCn1c(SCCOCCO)nc2sc3c(c2c1=O)CCC(C)C3. The average molecular weight is 411 g/mol. The van der Waals surface area contributed by atoms with Crippen molar-refractivity contribution >= 4 is 33.3 Å². The Bertz CT molecular complexity index is 829. The van der Waals surface area contributed by atoms with Gasteiger partial charge in [0.2, 0.25) is 0 Å². The Labute approximate surface area is 169 Å². The van der Waals surface area contributed by atoms with Crippen LogP contribution in [0.5, 0.6) is 0 Å². The monoisotopic (exact) mass is 410 g/mol. The summed E-state index contributed by atoms with van der Waals surface area (Å²) >= 11 is 3.29. The first kappa shape index (κ1) is 20.8. The van der Waals surface area contributed by atoms with Gasteiger partial charge in [-0.1, -0.05) is 32.5 Å². The molecule has 2 aromatic rings. The van der Waals surface area contributed by atoms with E-state index in [4.69, 9.17) is 14.8 Å². The van der Waals surface area contributed by atoms with Gasteiger partial charge in [0.15, 0.2) is 5.16 Å². The number of rotatable bonds is 9. The molecule has 1 atom stereocenters. The number of hydrogen-bond acceptors (Lipinski definition) is 6. The molecule has 0 saturated carbocycles. The minimum absolute atomic E-state index is 0.0349. The van der Waals surface area contributed by atoms with Crippen LogP contribution in [0.2, 0.25) is 0 Å². The molecular weight excluding hydrogens is 380 g/mol. The van der Waals surface area contributed by atoms with Crippen molar-refractivity contribution in [2.75, 3.05) is 25.6 Å². The number of thiophene rings is 1. The van der Waals surface area contributed by atoms with Crippen LogP contribution in [-0.4, -0.2) is 40.2 Å². The number of ether oxygens (including phenoxy) is 1. The van der Waals surface area contributed by atoms with Crippen LogP contribution in [0, 0.1) is 11.8 Å². The summed E-state index contributed by atoms with van der Waals surface area (Å²) in [6.45, 7) is 8.29. The van der Waals surface area contributed by atoms with Crippen LogP contribution in [0.1, 0.15) is 44.1 Å². The van der Waals surface area contributed by atoms with E-state index in [1.165, 1.54) is 10.4 Å². The van der Waals surface area contributed by atoms with E-state index in [0.717, 1.165) is 46.8 Å². The fourth-order valence-corrected chi connectivity index (χ4v) is 5.76. The maximum atomic E-state index is 13.4. The van der Waals surface area contributed by atoms with Gasteiger partial charge in [0.25, 0.3) is 5.56 Å². The molecule has 2 heterocycles. The zero-order valence-electron chi connectivity index (χ0n) is 16.5. The summed E-state index contributed by atoms with van der Waals surface area (Å²) in [6.07, 6.45) is 4.19. The summed E-state index contributed by atoms with van der Waals surface area (Å²) < 4.78 is 7.23. The van der Waals surface area contributed by atoms with Crippen molar-refractivity contribution in [2.45, 2.75) is 58.2 Å². The number of thioether (sulfide) groups is 1. The first-order valence-corrected chi connectivity index (χ1v) is 11.7. The van der Waals surface area contributed by atoms with E-state index in [0.29, 0.717) is 31.6 Å². The number of aromatic nitrogens is 2. The van der Waals surface area contributed by atoms with Gasteiger partial charge in [-0.05, 0) is 43.1 Å². The second-order valence-electron chi connectivity index (χ2n) is 7.75. The number of aryl methyl sites for hydroxylation is 1. The van der Waals surface area contributed by atoms with E-state index >= 15 is 0 Å². The summed E-state index contributed by atoms with van der Waals surface area (Å²) in [5.41, 5.74) is 1.39. The van der Waals surface area contributed by atoms with Gasteiger partial charge in [-0.25, -0.2) is 4.98 Å². The Morgan fingerprint density at radius 2 is 2.22 bits per heavy atom. The van der Waals surface area contributed by atoms with Crippen molar-refractivity contribution in [1.82, 2.24) is 9.55 Å². The number of fused-ring (bicyclic) bond motifs is 3. The Morgan fingerprint density at radius 1 is 1.41 bits per heavy atom. The quantitative estimate of drug-likeness (QED) is 0.388. The molecule has 5 nitrogen and oxygen atoms in total. The first-order chi connectivity index (χ1) is 13.0. The molecular formula is C20H30N2O3S2. The van der Waals surface area contributed by atoms with Crippen LogP contribution in [0.3, 0.4) is 0 Å². The topological polar surface area (TPSA) is 64.3 Å². The van der Waals surface area contributed by atoms with Crippen LogP contribution >= 0.6 is 23.1 Å². The molecule has 150 valence electrons. The lowest BCUT2D eigenvalue weighted by atomic mass is 9.89. The Balaban J connectivity index is 1.94. The Kier molecular flexibility index (Phi) is 7.36. The predicted octanol–water partition coefficient (Wildman–Crippen LogP) is 3.73. The molecule has 27 heavy (non-hydrogen) atoms. The molecule has 1 aliphatic rings. The molecule has 1 N–H and O–H groups in total. The van der Waals surface area contributed by atoms with E-state index in [-0.39, 0.29) is 12.2 Å². The minimum Gasteiger partial charge on any atom is -0.394 e. The summed E-state index contributed by atoms with van der Waals surface area (Å²) in [6, 6.07) is 0. The molecule has 7 heteroatoms. The number of hydrogen-bond donors (Lipinski definition) is 1. The van der Waals surface area contributed by atoms with Gasteiger partial charge in [0, 0.05) is 17.2 Å². The van der Waals surface area contributed by atoms with E-state index in [1.807, 2.05) is 4.57 Å². The zero-order valence-corrected chi connectivity index (χ0v) is 18.1. The highest BCUT2D eigenvalue weighted by atomic mass is 32.2. The minimum atomic E-state index is 0.0349. The lowest BCUT2D eigenvalue weighted by Gasteiger charge is -2.18. The van der Waals surface area contributed by atoms with Gasteiger partial charge >= 0.3 is 0 Å². The third-order valence-corrected chi connectivity index (χ3v) is 7.09. The molecule has 0 spiro atoms. The molecule has 0 aromatic carbocycles. The first-order valence-electron chi connectivity index (χ1n) is 9.87. The van der Waals surface area contributed by atoms with Gasteiger partial charge < -0.3 is 9.84 Å². The highest BCUT2D eigenvalue weighted by molar-refractivity contribution is 7.99. The average Bonchev–Trinajstić information content (AvgIpc) is 2.98. The number of aliphatic hydroxyl groups excluding tert-OH is 1. The lowest BCUT2D eigenvalue weighted by molar-refractivity contribution is 0.103. The van der Waals surface area contributed by atoms with Crippen LogP contribution in [0.15, 0.2) is 9.95 Å². The smallest absolute Gasteiger partial charge is 0.263 e. The van der Waals surface area contributed by atoms with E-state index in [1.54, 1.807) is 23.1 Å². The summed E-state index contributed by atoms with van der Waals surface area (Å²) in [7, 11) is 0. The maximum Gasteiger partial charge on any atom is 0.263 e. The normalized spacial score (nSPS) is 17.0. The molecule has 0 aliphatic heterocycles. The van der Waals surface area contributed by atoms with Crippen molar-refractivity contribution < 1.29 is 9.84 Å². The van der Waals surface area contributed by atoms with Crippen molar-refractivity contribution in [1.29, 1.82) is 0 Å². The Hall–Kier alpha value is -0.890. The third kappa shape index (κ3) is 4.94. The van der Waals surface area contributed by atoms with E-state index < -0.39 is 0 Å². The highest BCUT2D eigenvalue weighted by Crippen LogP contribution is 2.36. The van der Waals surface area contributed by atoms with Crippen LogP contribution < -0.4 is 5.56 Å². The molecule has 0 fully saturated rings. The number of aliphatic hydroxyl groups is 1. The fourth-order valence-electron chi connectivity index (χ4n) is 3.46. The molecule has 0 radical (unpaired) electrons. The highest BCUT2D eigenvalue weighted by Gasteiger charge is 2.24. The molecule has 1 aliphatic carbocycles. The van der Waals surface area contributed by atoms with E-state index in [2.05, 4.69) is 20.8 Å². The molecule has 1 unspecified atom stereocenters. The third-order valence-electron chi connectivity index (χ3n) is 5.00. The van der Waals surface area contributed by atoms with Crippen LogP contribution in [0.4, 0.5) is 0 Å². The van der Waals surface area contributed by atoms with Crippen LogP contribution in [0.25, 0.3) is 10.2 Å². The summed E-state index contributed by atoms with van der Waals surface area (Å²) in [4.78, 5) is 20.5. The van der Waals surface area contributed by atoms with Crippen LogP contribution in [-0.2, 0) is 24.1 Å². The predicted molar refractivity (Wildman–Crippen MR) is 113 cm³/mol. The van der Waals surface area contributed by atoms with Crippen molar-refractivity contribution in [3.63, 3.8) is 0 Å². The van der Waals surface area contributed by atoms with Gasteiger partial charge in [0.05, 0.1) is 25.2 Å². The van der Waals surface area contributed by atoms with E-state index in [9.17, 15) is 4.79 Å². The van der Waals surface area contributed by atoms with Gasteiger partial charge in [-0.3, -0.25) is 9.36 Å². The maximum absolute atomic E-state index is 13.4. The standard InChI is InChI=1S/C20H30N2O3S2/c1-13(2)6-7-22-19(24)17-15-5-4-14(3)12-16(15)27-18(17)21-20(22)26-11-10-25-9-8-23/h13-14,23H,4-12H2,1-3H3.